The van der Waals surface area contributed by atoms with Crippen LogP contribution in [0.3, 0.4) is 0 Å². The minimum atomic E-state index is 0.241. The Bertz CT molecular complexity index is 616. The van der Waals surface area contributed by atoms with Gasteiger partial charge in [0.2, 0.25) is 11.6 Å². The van der Waals surface area contributed by atoms with Gasteiger partial charge in [-0.25, -0.2) is 9.97 Å². The van der Waals surface area contributed by atoms with E-state index in [4.69, 9.17) is 13.9 Å². The number of rotatable bonds is 3. The van der Waals surface area contributed by atoms with Crippen LogP contribution in [0.15, 0.2) is 23.1 Å². The number of morpholine rings is 1. The lowest BCUT2D eigenvalue weighted by Crippen LogP contribution is -2.46. The average molecular weight is 303 g/mol. The van der Waals surface area contributed by atoms with E-state index in [9.17, 15) is 0 Å². The van der Waals surface area contributed by atoms with Crippen LogP contribution >= 0.6 is 0 Å². The first-order valence-corrected chi connectivity index (χ1v) is 8.07. The van der Waals surface area contributed by atoms with Gasteiger partial charge in [0, 0.05) is 19.1 Å². The SMILES string of the molecule is c1nc(OC2CCC(N3CCOCC3)CC2)c2ccoc2n1. The number of hydrogen-bond acceptors (Lipinski definition) is 6. The number of ether oxygens (including phenoxy) is 2. The molecule has 22 heavy (non-hydrogen) atoms. The summed E-state index contributed by atoms with van der Waals surface area (Å²) in [5.74, 6) is 0.647. The monoisotopic (exact) mass is 303 g/mol. The topological polar surface area (TPSA) is 60.6 Å². The molecule has 6 heteroatoms. The molecule has 1 aliphatic carbocycles. The highest BCUT2D eigenvalue weighted by molar-refractivity contribution is 5.78. The maximum absolute atomic E-state index is 6.11. The smallest absolute Gasteiger partial charge is 0.232 e. The van der Waals surface area contributed by atoms with Crippen LogP contribution in [0, 0.1) is 0 Å². The Balaban J connectivity index is 1.36. The van der Waals surface area contributed by atoms with Crippen molar-refractivity contribution in [2.45, 2.75) is 37.8 Å². The molecule has 6 nitrogen and oxygen atoms in total. The van der Waals surface area contributed by atoms with Gasteiger partial charge < -0.3 is 13.9 Å². The van der Waals surface area contributed by atoms with Crippen LogP contribution in [0.5, 0.6) is 5.88 Å². The second-order valence-electron chi connectivity index (χ2n) is 6.01. The van der Waals surface area contributed by atoms with E-state index in [1.165, 1.54) is 19.2 Å². The van der Waals surface area contributed by atoms with Crippen molar-refractivity contribution in [1.82, 2.24) is 14.9 Å². The minimum absolute atomic E-state index is 0.241. The van der Waals surface area contributed by atoms with Crippen LogP contribution in [0.1, 0.15) is 25.7 Å². The number of nitrogens with zero attached hydrogens (tertiary/aromatic N) is 3. The first kappa shape index (κ1) is 14.0. The predicted molar refractivity (Wildman–Crippen MR) is 80.9 cm³/mol. The Morgan fingerprint density at radius 1 is 1.09 bits per heavy atom. The minimum Gasteiger partial charge on any atom is -0.474 e. The summed E-state index contributed by atoms with van der Waals surface area (Å²) in [6.45, 7) is 3.88. The standard InChI is InChI=1S/C16H21N3O3/c1-3-13(4-2-12(1)19-6-9-20-10-7-19)22-16-14-5-8-21-15(14)17-11-18-16/h5,8,11-13H,1-4,6-7,9-10H2. The molecular weight excluding hydrogens is 282 g/mol. The molecule has 0 spiro atoms. The molecule has 0 bridgehead atoms. The lowest BCUT2D eigenvalue weighted by molar-refractivity contribution is -0.00126. The normalized spacial score (nSPS) is 27.1. The molecule has 0 radical (unpaired) electrons. The highest BCUT2D eigenvalue weighted by atomic mass is 16.5. The zero-order chi connectivity index (χ0) is 14.8. The molecule has 0 unspecified atom stereocenters. The predicted octanol–water partition coefficient (Wildman–Crippen LogP) is 2.25. The molecule has 0 N–H and O–H groups in total. The van der Waals surface area contributed by atoms with Crippen LogP contribution in [-0.4, -0.2) is 53.3 Å². The van der Waals surface area contributed by atoms with Crippen LogP contribution in [-0.2, 0) is 4.74 Å². The van der Waals surface area contributed by atoms with Crippen molar-refractivity contribution >= 4 is 11.1 Å². The molecule has 1 saturated heterocycles. The van der Waals surface area contributed by atoms with E-state index in [2.05, 4.69) is 14.9 Å². The summed E-state index contributed by atoms with van der Waals surface area (Å²) in [7, 11) is 0. The molecule has 2 aliphatic rings. The summed E-state index contributed by atoms with van der Waals surface area (Å²) >= 11 is 0. The van der Waals surface area contributed by atoms with Crippen molar-refractivity contribution in [1.29, 1.82) is 0 Å². The van der Waals surface area contributed by atoms with Crippen molar-refractivity contribution in [2.24, 2.45) is 0 Å². The van der Waals surface area contributed by atoms with E-state index < -0.39 is 0 Å². The highest BCUT2D eigenvalue weighted by Gasteiger charge is 2.28. The summed E-state index contributed by atoms with van der Waals surface area (Å²) in [5.41, 5.74) is 0.590. The molecule has 0 atom stereocenters. The van der Waals surface area contributed by atoms with E-state index in [1.54, 1.807) is 6.26 Å². The van der Waals surface area contributed by atoms with Gasteiger partial charge in [-0.1, -0.05) is 0 Å². The zero-order valence-corrected chi connectivity index (χ0v) is 12.6. The third-order valence-corrected chi connectivity index (χ3v) is 4.71. The molecule has 1 aliphatic heterocycles. The number of furan rings is 1. The molecular formula is C16H21N3O3. The third-order valence-electron chi connectivity index (χ3n) is 4.71. The zero-order valence-electron chi connectivity index (χ0n) is 12.6. The summed E-state index contributed by atoms with van der Waals surface area (Å²) in [6.07, 6.45) is 7.89. The second kappa shape index (κ2) is 6.22. The maximum atomic E-state index is 6.11. The van der Waals surface area contributed by atoms with Gasteiger partial charge in [-0.15, -0.1) is 0 Å². The van der Waals surface area contributed by atoms with Crippen molar-refractivity contribution in [3.63, 3.8) is 0 Å². The molecule has 2 aromatic rings. The number of hydrogen-bond donors (Lipinski definition) is 0. The lowest BCUT2D eigenvalue weighted by atomic mass is 9.91. The van der Waals surface area contributed by atoms with Crippen molar-refractivity contribution in [3.05, 3.63) is 18.7 Å². The molecule has 118 valence electrons. The highest BCUT2D eigenvalue weighted by Crippen LogP contribution is 2.29. The van der Waals surface area contributed by atoms with Crippen LogP contribution in [0.2, 0.25) is 0 Å². The molecule has 0 amide bonds. The quantitative estimate of drug-likeness (QED) is 0.866. The number of aromatic nitrogens is 2. The molecule has 1 saturated carbocycles. The summed E-state index contributed by atoms with van der Waals surface area (Å²) < 4.78 is 16.8. The number of fused-ring (bicyclic) bond motifs is 1. The largest absolute Gasteiger partial charge is 0.474 e. The Labute approximate surface area is 129 Å². The van der Waals surface area contributed by atoms with Gasteiger partial charge in [-0.3, -0.25) is 4.90 Å². The Morgan fingerprint density at radius 2 is 1.91 bits per heavy atom. The van der Waals surface area contributed by atoms with Crippen LogP contribution in [0.4, 0.5) is 0 Å². The van der Waals surface area contributed by atoms with Gasteiger partial charge in [0.15, 0.2) is 0 Å². The maximum Gasteiger partial charge on any atom is 0.232 e. The van der Waals surface area contributed by atoms with Gasteiger partial charge in [0.05, 0.1) is 19.5 Å². The third kappa shape index (κ3) is 2.80. The fourth-order valence-corrected chi connectivity index (χ4v) is 3.49. The van der Waals surface area contributed by atoms with Crippen molar-refractivity contribution in [3.8, 4) is 5.88 Å². The van der Waals surface area contributed by atoms with E-state index >= 15 is 0 Å². The van der Waals surface area contributed by atoms with E-state index in [0.29, 0.717) is 17.6 Å². The molecule has 2 fully saturated rings. The average Bonchev–Trinajstić information content (AvgIpc) is 3.06. The van der Waals surface area contributed by atoms with Crippen LogP contribution < -0.4 is 4.74 Å². The van der Waals surface area contributed by atoms with E-state index in [1.807, 2.05) is 6.07 Å². The van der Waals surface area contributed by atoms with Crippen LogP contribution in [0.25, 0.3) is 11.1 Å². The van der Waals surface area contributed by atoms with E-state index in [0.717, 1.165) is 44.5 Å². The van der Waals surface area contributed by atoms with Gasteiger partial charge in [0.25, 0.3) is 0 Å². The molecule has 2 aromatic heterocycles. The summed E-state index contributed by atoms with van der Waals surface area (Å²) in [6, 6.07) is 2.55. The Kier molecular flexibility index (Phi) is 3.95. The van der Waals surface area contributed by atoms with Gasteiger partial charge in [0.1, 0.15) is 17.8 Å². The van der Waals surface area contributed by atoms with Crippen molar-refractivity contribution in [2.75, 3.05) is 26.3 Å². The van der Waals surface area contributed by atoms with Gasteiger partial charge in [-0.2, -0.15) is 0 Å². The molecule has 0 aromatic carbocycles. The fraction of sp³-hybridized carbons (Fsp3) is 0.625. The first-order valence-electron chi connectivity index (χ1n) is 8.07. The summed E-state index contributed by atoms with van der Waals surface area (Å²) in [5, 5.41) is 0.859. The van der Waals surface area contributed by atoms with Gasteiger partial charge >= 0.3 is 0 Å². The summed E-state index contributed by atoms with van der Waals surface area (Å²) in [4.78, 5) is 10.9. The first-order chi connectivity index (χ1) is 10.9. The fourth-order valence-electron chi connectivity index (χ4n) is 3.49. The van der Waals surface area contributed by atoms with Crippen molar-refractivity contribution < 1.29 is 13.9 Å². The van der Waals surface area contributed by atoms with E-state index in [-0.39, 0.29) is 6.10 Å². The Hall–Kier alpha value is -1.66. The van der Waals surface area contributed by atoms with Gasteiger partial charge in [-0.05, 0) is 31.7 Å². The molecule has 4 rings (SSSR count). The lowest BCUT2D eigenvalue weighted by Gasteiger charge is -2.38. The second-order valence-corrected chi connectivity index (χ2v) is 6.01. The molecule has 3 heterocycles. The Morgan fingerprint density at radius 3 is 2.73 bits per heavy atom.